The van der Waals surface area contributed by atoms with Crippen molar-refractivity contribution in [3.8, 4) is 0 Å². The minimum Gasteiger partial charge on any atom is -0.323 e. The van der Waals surface area contributed by atoms with Crippen LogP contribution in [0.3, 0.4) is 0 Å². The summed E-state index contributed by atoms with van der Waals surface area (Å²) in [4.78, 5) is 11.7. The molecule has 6 nitrogen and oxygen atoms in total. The molecule has 1 aromatic heterocycles. The van der Waals surface area contributed by atoms with Gasteiger partial charge in [-0.15, -0.1) is 0 Å². The summed E-state index contributed by atoms with van der Waals surface area (Å²) in [6, 6.07) is 16.1. The van der Waals surface area contributed by atoms with Crippen LogP contribution in [0.2, 0.25) is 0 Å². The van der Waals surface area contributed by atoms with E-state index in [4.69, 9.17) is 10.8 Å². The van der Waals surface area contributed by atoms with Crippen LogP contribution in [0.15, 0.2) is 58.6 Å². The van der Waals surface area contributed by atoms with Gasteiger partial charge in [0.15, 0.2) is 0 Å². The molecule has 0 atom stereocenters. The minimum absolute atomic E-state index is 0.494. The third kappa shape index (κ3) is 6.87. The molecule has 1 aliphatic heterocycles. The zero-order valence-electron chi connectivity index (χ0n) is 17.2. The Morgan fingerprint density at radius 2 is 1.97 bits per heavy atom. The molecular weight excluding hydrogens is 380 g/mol. The van der Waals surface area contributed by atoms with E-state index in [9.17, 15) is 0 Å². The molecule has 29 heavy (non-hydrogen) atoms. The van der Waals surface area contributed by atoms with Gasteiger partial charge in [-0.05, 0) is 62.1 Å². The van der Waals surface area contributed by atoms with Crippen LogP contribution in [0.5, 0.6) is 0 Å². The first-order valence-electron chi connectivity index (χ1n) is 10.1. The van der Waals surface area contributed by atoms with Gasteiger partial charge in [-0.1, -0.05) is 38.1 Å². The second-order valence-electron chi connectivity index (χ2n) is 7.48. The number of hydrazone groups is 1. The van der Waals surface area contributed by atoms with Crippen LogP contribution in [-0.4, -0.2) is 46.7 Å². The maximum absolute atomic E-state index is 5.59. The van der Waals surface area contributed by atoms with E-state index in [1.807, 2.05) is 36.4 Å². The molecule has 1 aromatic carbocycles. The van der Waals surface area contributed by atoms with E-state index < -0.39 is 0 Å². The average molecular weight is 411 g/mol. The van der Waals surface area contributed by atoms with Gasteiger partial charge in [0.05, 0.1) is 17.6 Å². The summed E-state index contributed by atoms with van der Waals surface area (Å²) in [7, 11) is 0. The summed E-state index contributed by atoms with van der Waals surface area (Å²) in [5.74, 6) is 7.03. The van der Waals surface area contributed by atoms with Crippen molar-refractivity contribution in [2.45, 2.75) is 37.9 Å². The standard InChI is InChI=1S/C22H30N6S/c1-17(2)29-27-22-10-6-9-21(25-22)18-11-13-28(14-12-18)16-20(26-23)15-24-19-7-4-3-5-8-19/h3-10,15,17-18H,11-14,16,23H2,1-2H3,(H,25,27). The van der Waals surface area contributed by atoms with Crippen LogP contribution >= 0.6 is 11.9 Å². The van der Waals surface area contributed by atoms with Gasteiger partial charge in [0.25, 0.3) is 0 Å². The van der Waals surface area contributed by atoms with Crippen molar-refractivity contribution < 1.29 is 0 Å². The number of benzene rings is 1. The lowest BCUT2D eigenvalue weighted by Crippen LogP contribution is -2.37. The van der Waals surface area contributed by atoms with Crippen LogP contribution in [0, 0.1) is 0 Å². The minimum atomic E-state index is 0.494. The molecule has 2 aromatic rings. The van der Waals surface area contributed by atoms with Crippen molar-refractivity contribution in [1.82, 2.24) is 9.88 Å². The number of nitrogens with zero attached hydrogens (tertiary/aromatic N) is 4. The normalized spacial score (nSPS) is 16.6. The zero-order valence-corrected chi connectivity index (χ0v) is 18.0. The highest BCUT2D eigenvalue weighted by molar-refractivity contribution is 8.01. The molecule has 0 unspecified atom stereocenters. The number of rotatable bonds is 8. The second-order valence-corrected chi connectivity index (χ2v) is 8.86. The van der Waals surface area contributed by atoms with Crippen molar-refractivity contribution in [3.05, 3.63) is 54.2 Å². The van der Waals surface area contributed by atoms with Gasteiger partial charge < -0.3 is 10.6 Å². The lowest BCUT2D eigenvalue weighted by Gasteiger charge is -2.31. The molecule has 154 valence electrons. The predicted octanol–water partition coefficient (Wildman–Crippen LogP) is 4.45. The van der Waals surface area contributed by atoms with E-state index in [2.05, 4.69) is 45.7 Å². The fourth-order valence-corrected chi connectivity index (χ4v) is 3.78. The number of aromatic nitrogens is 1. The zero-order chi connectivity index (χ0) is 20.5. The fraction of sp³-hybridized carbons (Fsp3) is 0.409. The molecule has 1 fully saturated rings. The van der Waals surface area contributed by atoms with Crippen LogP contribution in [0.25, 0.3) is 0 Å². The van der Waals surface area contributed by atoms with Gasteiger partial charge in [0, 0.05) is 23.4 Å². The number of anilines is 1. The first-order chi connectivity index (χ1) is 14.1. The summed E-state index contributed by atoms with van der Waals surface area (Å²) in [6.07, 6.45) is 3.94. The highest BCUT2D eigenvalue weighted by atomic mass is 32.2. The number of para-hydroxylation sites is 1. The fourth-order valence-electron chi connectivity index (χ4n) is 3.31. The summed E-state index contributed by atoms with van der Waals surface area (Å²) in [6.45, 7) is 7.06. The molecule has 0 amide bonds. The Labute approximate surface area is 177 Å². The molecule has 0 spiro atoms. The highest BCUT2D eigenvalue weighted by Crippen LogP contribution is 2.28. The molecule has 7 heteroatoms. The van der Waals surface area contributed by atoms with E-state index >= 15 is 0 Å². The number of likely N-dealkylation sites (tertiary alicyclic amines) is 1. The molecule has 0 bridgehead atoms. The molecule has 0 aliphatic carbocycles. The first kappa shape index (κ1) is 21.3. The number of aliphatic imine (C=N–C) groups is 1. The Kier molecular flexibility index (Phi) is 8.07. The average Bonchev–Trinajstić information content (AvgIpc) is 2.76. The molecule has 1 aliphatic rings. The third-order valence-electron chi connectivity index (χ3n) is 4.85. The van der Waals surface area contributed by atoms with Gasteiger partial charge >= 0.3 is 0 Å². The van der Waals surface area contributed by atoms with Gasteiger partial charge in [-0.2, -0.15) is 5.10 Å². The maximum atomic E-state index is 5.59. The smallest absolute Gasteiger partial charge is 0.136 e. The summed E-state index contributed by atoms with van der Waals surface area (Å²) < 4.78 is 3.34. The Morgan fingerprint density at radius 3 is 2.66 bits per heavy atom. The van der Waals surface area contributed by atoms with Crippen molar-refractivity contribution in [1.29, 1.82) is 0 Å². The molecule has 3 N–H and O–H groups in total. The summed E-state index contributed by atoms with van der Waals surface area (Å²) >= 11 is 1.69. The monoisotopic (exact) mass is 410 g/mol. The van der Waals surface area contributed by atoms with Gasteiger partial charge in [0.2, 0.25) is 0 Å². The largest absolute Gasteiger partial charge is 0.323 e. The number of nitrogens with two attached hydrogens (primary N) is 1. The SMILES string of the molecule is CC(C)SNc1cccc(C2CCN(CC(C=Nc3ccccc3)=NN)CC2)n1. The van der Waals surface area contributed by atoms with Gasteiger partial charge in [-0.25, -0.2) is 4.98 Å². The molecule has 2 heterocycles. The molecular formula is C22H30N6S. The number of hydrogen-bond donors (Lipinski definition) is 2. The van der Waals surface area contributed by atoms with Crippen LogP contribution in [0.4, 0.5) is 11.5 Å². The van der Waals surface area contributed by atoms with E-state index in [0.29, 0.717) is 11.2 Å². The van der Waals surface area contributed by atoms with Crippen molar-refractivity contribution in [2.24, 2.45) is 15.9 Å². The first-order valence-corrected chi connectivity index (χ1v) is 11.0. The van der Waals surface area contributed by atoms with Crippen LogP contribution in [0.1, 0.15) is 38.3 Å². The topological polar surface area (TPSA) is 78.9 Å². The number of nitrogens with one attached hydrogen (secondary N) is 1. The molecule has 3 rings (SSSR count). The Bertz CT molecular complexity index is 813. The summed E-state index contributed by atoms with van der Waals surface area (Å²) in [5, 5.41) is 4.44. The lowest BCUT2D eigenvalue weighted by atomic mass is 9.93. The quantitative estimate of drug-likeness (QED) is 0.291. The second kappa shape index (κ2) is 11.0. The van der Waals surface area contributed by atoms with Gasteiger partial charge in [-0.3, -0.25) is 9.89 Å². The molecule has 0 saturated carbocycles. The van der Waals surface area contributed by atoms with Gasteiger partial charge in [0.1, 0.15) is 5.82 Å². The molecule has 0 radical (unpaired) electrons. The van der Waals surface area contributed by atoms with E-state index in [0.717, 1.165) is 49.7 Å². The van der Waals surface area contributed by atoms with E-state index in [1.54, 1.807) is 18.2 Å². The van der Waals surface area contributed by atoms with E-state index in [-0.39, 0.29) is 0 Å². The maximum Gasteiger partial charge on any atom is 0.136 e. The van der Waals surface area contributed by atoms with Crippen molar-refractivity contribution >= 4 is 35.4 Å². The number of pyridine rings is 1. The summed E-state index contributed by atoms with van der Waals surface area (Å²) in [5.41, 5.74) is 2.88. The van der Waals surface area contributed by atoms with Crippen molar-refractivity contribution in [2.75, 3.05) is 24.4 Å². The van der Waals surface area contributed by atoms with Crippen molar-refractivity contribution in [3.63, 3.8) is 0 Å². The number of piperidine rings is 1. The third-order valence-corrected chi connectivity index (χ3v) is 5.64. The Hall–Kier alpha value is -2.38. The number of hydrogen-bond acceptors (Lipinski definition) is 7. The van der Waals surface area contributed by atoms with E-state index in [1.165, 1.54) is 5.69 Å². The Morgan fingerprint density at radius 1 is 1.21 bits per heavy atom. The highest BCUT2D eigenvalue weighted by Gasteiger charge is 2.22. The van der Waals surface area contributed by atoms with Crippen LogP contribution in [-0.2, 0) is 0 Å². The Balaban J connectivity index is 1.51. The molecule has 1 saturated heterocycles. The van der Waals surface area contributed by atoms with Crippen LogP contribution < -0.4 is 10.6 Å². The predicted molar refractivity (Wildman–Crippen MR) is 125 cm³/mol. The lowest BCUT2D eigenvalue weighted by molar-refractivity contribution is 0.237.